The molecule has 1 N–H and O–H groups in total. The van der Waals surface area contributed by atoms with Crippen LogP contribution < -0.4 is 4.90 Å². The van der Waals surface area contributed by atoms with Crippen LogP contribution in [0.2, 0.25) is 0 Å². The molecule has 1 unspecified atom stereocenters. The summed E-state index contributed by atoms with van der Waals surface area (Å²) in [6.45, 7) is 4.46. The summed E-state index contributed by atoms with van der Waals surface area (Å²) < 4.78 is 0. The third-order valence-electron chi connectivity index (χ3n) is 3.18. The molecule has 0 spiro atoms. The van der Waals surface area contributed by atoms with Crippen molar-refractivity contribution in [2.45, 2.75) is 19.8 Å². The Bertz CT molecular complexity index is 492. The van der Waals surface area contributed by atoms with Crippen molar-refractivity contribution in [1.29, 1.82) is 0 Å². The van der Waals surface area contributed by atoms with E-state index >= 15 is 0 Å². The van der Waals surface area contributed by atoms with Gasteiger partial charge in [-0.1, -0.05) is 6.92 Å². The predicted octanol–water partition coefficient (Wildman–Crippen LogP) is 1.59. The van der Waals surface area contributed by atoms with Gasteiger partial charge in [0.1, 0.15) is 12.1 Å². The molecule has 1 saturated heterocycles. The fourth-order valence-electron chi connectivity index (χ4n) is 2.39. The molecule has 5 heteroatoms. The number of aromatic amines is 1. The third kappa shape index (κ3) is 1.52. The highest BCUT2D eigenvalue weighted by molar-refractivity contribution is 5.86. The Balaban J connectivity index is 2.01. The lowest BCUT2D eigenvalue weighted by atomic mass is 10.0. The average Bonchev–Trinajstić information content (AvgIpc) is 2.76. The van der Waals surface area contributed by atoms with E-state index in [0.29, 0.717) is 0 Å². The molecule has 0 radical (unpaired) electrons. The maximum atomic E-state index is 4.39. The van der Waals surface area contributed by atoms with E-state index in [0.717, 1.165) is 35.9 Å². The number of nitrogens with zero attached hydrogens (tertiary/aromatic N) is 4. The van der Waals surface area contributed by atoms with Gasteiger partial charge in [-0.15, -0.1) is 0 Å². The molecule has 84 valence electrons. The SMILES string of the molecule is CC1CCCN(c2ncnc3[nH]ncc23)C1. The smallest absolute Gasteiger partial charge is 0.160 e. The number of rotatable bonds is 1. The van der Waals surface area contributed by atoms with Crippen LogP contribution in [0.25, 0.3) is 11.0 Å². The third-order valence-corrected chi connectivity index (χ3v) is 3.18. The topological polar surface area (TPSA) is 57.7 Å². The summed E-state index contributed by atoms with van der Waals surface area (Å²) in [5, 5.41) is 7.93. The molecule has 0 aromatic carbocycles. The summed E-state index contributed by atoms with van der Waals surface area (Å²) in [4.78, 5) is 10.9. The number of piperidine rings is 1. The van der Waals surface area contributed by atoms with Crippen LogP contribution in [0.15, 0.2) is 12.5 Å². The van der Waals surface area contributed by atoms with Crippen LogP contribution in [0.5, 0.6) is 0 Å². The van der Waals surface area contributed by atoms with E-state index in [1.807, 2.05) is 6.20 Å². The van der Waals surface area contributed by atoms with Crippen molar-refractivity contribution < 1.29 is 0 Å². The van der Waals surface area contributed by atoms with Gasteiger partial charge in [0.25, 0.3) is 0 Å². The fourth-order valence-corrected chi connectivity index (χ4v) is 2.39. The quantitative estimate of drug-likeness (QED) is 0.788. The average molecular weight is 217 g/mol. The number of aromatic nitrogens is 4. The minimum absolute atomic E-state index is 0.741. The van der Waals surface area contributed by atoms with Crippen LogP contribution in [0.4, 0.5) is 5.82 Å². The van der Waals surface area contributed by atoms with Gasteiger partial charge in [0, 0.05) is 13.1 Å². The van der Waals surface area contributed by atoms with Crippen molar-refractivity contribution in [3.63, 3.8) is 0 Å². The molecule has 2 aromatic heterocycles. The first-order valence-corrected chi connectivity index (χ1v) is 5.73. The van der Waals surface area contributed by atoms with Crippen molar-refractivity contribution in [2.75, 3.05) is 18.0 Å². The minimum atomic E-state index is 0.741. The maximum Gasteiger partial charge on any atom is 0.160 e. The molecule has 1 atom stereocenters. The number of anilines is 1. The van der Waals surface area contributed by atoms with Crippen LogP contribution in [0.3, 0.4) is 0 Å². The van der Waals surface area contributed by atoms with Gasteiger partial charge in [-0.25, -0.2) is 9.97 Å². The molecule has 3 heterocycles. The second kappa shape index (κ2) is 3.73. The van der Waals surface area contributed by atoms with E-state index in [1.165, 1.54) is 12.8 Å². The second-order valence-electron chi connectivity index (χ2n) is 4.52. The summed E-state index contributed by atoms with van der Waals surface area (Å²) >= 11 is 0. The molecule has 0 saturated carbocycles. The Kier molecular flexibility index (Phi) is 2.23. The van der Waals surface area contributed by atoms with E-state index in [1.54, 1.807) is 6.33 Å². The predicted molar refractivity (Wildman–Crippen MR) is 62.3 cm³/mol. The van der Waals surface area contributed by atoms with Gasteiger partial charge >= 0.3 is 0 Å². The molecule has 0 aliphatic carbocycles. The number of hydrogen-bond acceptors (Lipinski definition) is 4. The van der Waals surface area contributed by atoms with E-state index in [-0.39, 0.29) is 0 Å². The summed E-state index contributed by atoms with van der Waals surface area (Å²) in [6, 6.07) is 0. The van der Waals surface area contributed by atoms with Gasteiger partial charge in [0.2, 0.25) is 0 Å². The Morgan fingerprint density at radius 3 is 3.25 bits per heavy atom. The molecule has 3 rings (SSSR count). The molecule has 1 aliphatic rings. The molecular weight excluding hydrogens is 202 g/mol. The lowest BCUT2D eigenvalue weighted by Gasteiger charge is -2.31. The molecule has 1 aliphatic heterocycles. The Morgan fingerprint density at radius 2 is 2.38 bits per heavy atom. The molecule has 1 fully saturated rings. The highest BCUT2D eigenvalue weighted by Crippen LogP contribution is 2.25. The van der Waals surface area contributed by atoms with Gasteiger partial charge in [-0.2, -0.15) is 5.10 Å². The van der Waals surface area contributed by atoms with Crippen LogP contribution >= 0.6 is 0 Å². The number of fused-ring (bicyclic) bond motifs is 1. The van der Waals surface area contributed by atoms with Crippen LogP contribution in [-0.2, 0) is 0 Å². The lowest BCUT2D eigenvalue weighted by Crippen LogP contribution is -2.34. The Morgan fingerprint density at radius 1 is 1.44 bits per heavy atom. The van der Waals surface area contributed by atoms with E-state index in [9.17, 15) is 0 Å². The standard InChI is InChI=1S/C11H15N5/c1-8-3-2-4-16(6-8)11-9-5-14-15-10(9)12-7-13-11/h5,7-8H,2-4,6H2,1H3,(H,12,13,14,15). The number of H-pyrrole nitrogens is 1. The summed E-state index contributed by atoms with van der Waals surface area (Å²) in [5.41, 5.74) is 0.822. The van der Waals surface area contributed by atoms with E-state index in [2.05, 4.69) is 32.0 Å². The van der Waals surface area contributed by atoms with Gasteiger partial charge in [-0.05, 0) is 18.8 Å². The summed E-state index contributed by atoms with van der Waals surface area (Å²) in [5.74, 6) is 1.76. The van der Waals surface area contributed by atoms with Crippen molar-refractivity contribution in [2.24, 2.45) is 5.92 Å². The Labute approximate surface area is 93.9 Å². The molecule has 0 bridgehead atoms. The van der Waals surface area contributed by atoms with Gasteiger partial charge < -0.3 is 4.90 Å². The van der Waals surface area contributed by atoms with Crippen molar-refractivity contribution >= 4 is 16.9 Å². The fraction of sp³-hybridized carbons (Fsp3) is 0.545. The zero-order valence-corrected chi connectivity index (χ0v) is 9.35. The first-order valence-electron chi connectivity index (χ1n) is 5.73. The van der Waals surface area contributed by atoms with Crippen LogP contribution in [-0.4, -0.2) is 33.3 Å². The summed E-state index contributed by atoms with van der Waals surface area (Å²) in [6.07, 6.45) is 5.97. The summed E-state index contributed by atoms with van der Waals surface area (Å²) in [7, 11) is 0. The maximum absolute atomic E-state index is 4.39. The first kappa shape index (κ1) is 9.57. The minimum Gasteiger partial charge on any atom is -0.356 e. The lowest BCUT2D eigenvalue weighted by molar-refractivity contribution is 0.445. The van der Waals surface area contributed by atoms with E-state index < -0.39 is 0 Å². The number of nitrogens with one attached hydrogen (secondary N) is 1. The van der Waals surface area contributed by atoms with Crippen molar-refractivity contribution in [1.82, 2.24) is 20.2 Å². The highest BCUT2D eigenvalue weighted by atomic mass is 15.2. The van der Waals surface area contributed by atoms with Crippen LogP contribution in [0, 0.1) is 5.92 Å². The molecule has 0 amide bonds. The second-order valence-corrected chi connectivity index (χ2v) is 4.52. The normalized spacial score (nSPS) is 21.6. The molecular formula is C11H15N5. The molecule has 16 heavy (non-hydrogen) atoms. The van der Waals surface area contributed by atoms with Crippen molar-refractivity contribution in [3.8, 4) is 0 Å². The molecule has 2 aromatic rings. The first-order chi connectivity index (χ1) is 7.84. The zero-order chi connectivity index (χ0) is 11.0. The largest absolute Gasteiger partial charge is 0.356 e. The highest BCUT2D eigenvalue weighted by Gasteiger charge is 2.19. The van der Waals surface area contributed by atoms with Gasteiger partial charge in [-0.3, -0.25) is 5.10 Å². The number of hydrogen-bond donors (Lipinski definition) is 1. The van der Waals surface area contributed by atoms with E-state index in [4.69, 9.17) is 0 Å². The van der Waals surface area contributed by atoms with Crippen LogP contribution in [0.1, 0.15) is 19.8 Å². The monoisotopic (exact) mass is 217 g/mol. The van der Waals surface area contributed by atoms with Gasteiger partial charge in [0.15, 0.2) is 5.65 Å². The zero-order valence-electron chi connectivity index (χ0n) is 9.35. The van der Waals surface area contributed by atoms with Gasteiger partial charge in [0.05, 0.1) is 11.6 Å². The molecule has 5 nitrogen and oxygen atoms in total. The van der Waals surface area contributed by atoms with Crippen molar-refractivity contribution in [3.05, 3.63) is 12.5 Å². The Hall–Kier alpha value is -1.65.